The van der Waals surface area contributed by atoms with Crippen molar-refractivity contribution < 1.29 is 14.2 Å². The average molecular weight is 283 g/mol. The molecule has 2 aliphatic rings. The van der Waals surface area contributed by atoms with Crippen LogP contribution >= 0.6 is 0 Å². The summed E-state index contributed by atoms with van der Waals surface area (Å²) in [5.74, 6) is 1.65. The number of rotatable bonds is 6. The van der Waals surface area contributed by atoms with Crippen molar-refractivity contribution in [2.75, 3.05) is 18.5 Å². The summed E-state index contributed by atoms with van der Waals surface area (Å²) in [5.41, 5.74) is 1.03. The lowest BCUT2D eigenvalue weighted by atomic mass is 10.1. The molecule has 0 bridgehead atoms. The number of benzene rings is 2. The molecule has 0 spiro atoms. The summed E-state index contributed by atoms with van der Waals surface area (Å²) in [6.45, 7) is 1.63. The van der Waals surface area contributed by atoms with E-state index in [1.54, 1.807) is 0 Å². The molecule has 1 N–H and O–H groups in total. The Balaban J connectivity index is 1.47. The average Bonchev–Trinajstić information content (AvgIpc) is 3.40. The van der Waals surface area contributed by atoms with Crippen molar-refractivity contribution in [3.05, 3.63) is 54.6 Å². The quantitative estimate of drug-likeness (QED) is 0.828. The van der Waals surface area contributed by atoms with E-state index in [1.165, 1.54) is 0 Å². The van der Waals surface area contributed by atoms with Crippen molar-refractivity contribution in [2.24, 2.45) is 0 Å². The zero-order chi connectivity index (χ0) is 14.1. The third-order valence-corrected chi connectivity index (χ3v) is 3.67. The van der Waals surface area contributed by atoms with Crippen LogP contribution in [0, 0.1) is 0 Å². The first-order chi connectivity index (χ1) is 10.4. The fraction of sp³-hybridized carbons (Fsp3) is 0.294. The molecule has 21 heavy (non-hydrogen) atoms. The van der Waals surface area contributed by atoms with Gasteiger partial charge in [0.25, 0.3) is 0 Å². The molecule has 0 amide bonds. The first-order valence-corrected chi connectivity index (χ1v) is 7.21. The molecular weight excluding hydrogens is 266 g/mol. The van der Waals surface area contributed by atoms with Gasteiger partial charge in [-0.25, -0.2) is 0 Å². The third-order valence-electron chi connectivity index (χ3n) is 3.67. The molecule has 2 heterocycles. The van der Waals surface area contributed by atoms with Crippen molar-refractivity contribution in [2.45, 2.75) is 18.2 Å². The maximum Gasteiger partial charge on any atom is 0.129 e. The first-order valence-electron chi connectivity index (χ1n) is 7.21. The molecule has 2 aromatic rings. The Morgan fingerprint density at radius 1 is 0.905 bits per heavy atom. The van der Waals surface area contributed by atoms with E-state index in [0.717, 1.165) is 30.4 Å². The van der Waals surface area contributed by atoms with Crippen LogP contribution in [0.3, 0.4) is 0 Å². The van der Waals surface area contributed by atoms with E-state index in [2.05, 4.69) is 5.32 Å². The van der Waals surface area contributed by atoms with Crippen LogP contribution in [0.4, 0.5) is 5.69 Å². The lowest BCUT2D eigenvalue weighted by Gasteiger charge is -2.16. The standard InChI is InChI=1S/C17H17NO3/c1-2-6-13(7-3-1)21-14-8-4-5-12(9-14)18-17(15-10-19-15)16-11-20-16/h1-9,15-18H,10-11H2. The van der Waals surface area contributed by atoms with Gasteiger partial charge in [-0.2, -0.15) is 0 Å². The van der Waals surface area contributed by atoms with E-state index < -0.39 is 0 Å². The molecule has 2 atom stereocenters. The van der Waals surface area contributed by atoms with E-state index in [1.807, 2.05) is 54.6 Å². The lowest BCUT2D eigenvalue weighted by Crippen LogP contribution is -2.31. The summed E-state index contributed by atoms with van der Waals surface area (Å²) >= 11 is 0. The van der Waals surface area contributed by atoms with E-state index in [-0.39, 0.29) is 18.2 Å². The molecule has 0 saturated carbocycles. The number of epoxide rings is 2. The molecule has 4 heteroatoms. The number of hydrogen-bond acceptors (Lipinski definition) is 4. The van der Waals surface area contributed by atoms with Gasteiger partial charge in [0.2, 0.25) is 0 Å². The Kier molecular flexibility index (Phi) is 3.25. The maximum atomic E-state index is 5.85. The zero-order valence-corrected chi connectivity index (χ0v) is 11.6. The van der Waals surface area contributed by atoms with Gasteiger partial charge in [0.05, 0.1) is 19.3 Å². The second-order valence-electron chi connectivity index (χ2n) is 5.36. The van der Waals surface area contributed by atoms with Crippen molar-refractivity contribution in [3.8, 4) is 11.5 Å². The Hall–Kier alpha value is -2.04. The number of ether oxygens (including phenoxy) is 3. The molecule has 2 unspecified atom stereocenters. The van der Waals surface area contributed by atoms with Crippen LogP contribution in [-0.2, 0) is 9.47 Å². The monoisotopic (exact) mass is 283 g/mol. The fourth-order valence-electron chi connectivity index (χ4n) is 2.42. The molecule has 4 nitrogen and oxygen atoms in total. The predicted molar refractivity (Wildman–Crippen MR) is 79.8 cm³/mol. The number of hydrogen-bond donors (Lipinski definition) is 1. The van der Waals surface area contributed by atoms with Crippen LogP contribution in [0.2, 0.25) is 0 Å². The number of nitrogens with one attached hydrogen (secondary N) is 1. The second-order valence-corrected chi connectivity index (χ2v) is 5.36. The van der Waals surface area contributed by atoms with E-state index in [0.29, 0.717) is 0 Å². The Morgan fingerprint density at radius 3 is 2.24 bits per heavy atom. The van der Waals surface area contributed by atoms with Crippen molar-refractivity contribution >= 4 is 5.69 Å². The highest BCUT2D eigenvalue weighted by Gasteiger charge is 2.44. The van der Waals surface area contributed by atoms with Crippen molar-refractivity contribution in [3.63, 3.8) is 0 Å². The van der Waals surface area contributed by atoms with Crippen LogP contribution in [-0.4, -0.2) is 31.5 Å². The highest BCUT2D eigenvalue weighted by atomic mass is 16.6. The van der Waals surface area contributed by atoms with Gasteiger partial charge in [-0.3, -0.25) is 0 Å². The summed E-state index contributed by atoms with van der Waals surface area (Å²) in [6.07, 6.45) is 0.549. The minimum Gasteiger partial charge on any atom is -0.457 e. The second kappa shape index (κ2) is 5.39. The van der Waals surface area contributed by atoms with Crippen LogP contribution in [0.5, 0.6) is 11.5 Å². The van der Waals surface area contributed by atoms with Gasteiger partial charge in [0.15, 0.2) is 0 Å². The molecule has 0 radical (unpaired) electrons. The van der Waals surface area contributed by atoms with Gasteiger partial charge in [0, 0.05) is 11.8 Å². The lowest BCUT2D eigenvalue weighted by molar-refractivity contribution is 0.324. The Bertz CT molecular complexity index is 596. The number of para-hydroxylation sites is 1. The van der Waals surface area contributed by atoms with Gasteiger partial charge in [-0.15, -0.1) is 0 Å². The highest BCUT2D eigenvalue weighted by Crippen LogP contribution is 2.30. The Labute approximate surface area is 123 Å². The summed E-state index contributed by atoms with van der Waals surface area (Å²) < 4.78 is 16.6. The van der Waals surface area contributed by atoms with Gasteiger partial charge < -0.3 is 19.5 Å². The molecule has 2 aromatic carbocycles. The fourth-order valence-corrected chi connectivity index (χ4v) is 2.42. The van der Waals surface area contributed by atoms with Crippen LogP contribution in [0.15, 0.2) is 54.6 Å². The van der Waals surface area contributed by atoms with Gasteiger partial charge in [-0.1, -0.05) is 24.3 Å². The number of anilines is 1. The van der Waals surface area contributed by atoms with Gasteiger partial charge in [-0.05, 0) is 24.3 Å². The summed E-state index contributed by atoms with van der Waals surface area (Å²) in [4.78, 5) is 0. The molecule has 0 aromatic heterocycles. The van der Waals surface area contributed by atoms with E-state index in [9.17, 15) is 0 Å². The molecule has 2 fully saturated rings. The molecule has 0 aliphatic carbocycles. The first kappa shape index (κ1) is 12.7. The summed E-state index contributed by atoms with van der Waals surface area (Å²) in [5, 5.41) is 3.50. The van der Waals surface area contributed by atoms with Crippen molar-refractivity contribution in [1.29, 1.82) is 0 Å². The third kappa shape index (κ3) is 3.17. The molecule has 2 aliphatic heterocycles. The molecular formula is C17H17NO3. The van der Waals surface area contributed by atoms with Gasteiger partial charge >= 0.3 is 0 Å². The summed E-state index contributed by atoms with van der Waals surface area (Å²) in [6, 6.07) is 18.0. The minimum atomic E-state index is 0.233. The zero-order valence-electron chi connectivity index (χ0n) is 11.6. The van der Waals surface area contributed by atoms with E-state index >= 15 is 0 Å². The summed E-state index contributed by atoms with van der Waals surface area (Å²) in [7, 11) is 0. The van der Waals surface area contributed by atoms with Crippen LogP contribution in [0.25, 0.3) is 0 Å². The predicted octanol–water partition coefficient (Wildman–Crippen LogP) is 3.06. The van der Waals surface area contributed by atoms with E-state index in [4.69, 9.17) is 14.2 Å². The van der Waals surface area contributed by atoms with Crippen molar-refractivity contribution in [1.82, 2.24) is 0 Å². The highest BCUT2D eigenvalue weighted by molar-refractivity contribution is 5.50. The SMILES string of the molecule is c1ccc(Oc2cccc(NC(C3CO3)C3CO3)c2)cc1. The molecule has 2 saturated heterocycles. The van der Waals surface area contributed by atoms with Gasteiger partial charge in [0.1, 0.15) is 23.7 Å². The topological polar surface area (TPSA) is 46.3 Å². The normalized spacial score (nSPS) is 24.2. The van der Waals surface area contributed by atoms with Crippen LogP contribution in [0.1, 0.15) is 0 Å². The maximum absolute atomic E-state index is 5.85. The molecule has 4 rings (SSSR count). The largest absolute Gasteiger partial charge is 0.457 e. The smallest absolute Gasteiger partial charge is 0.129 e. The minimum absolute atomic E-state index is 0.233. The molecule has 108 valence electrons. The van der Waals surface area contributed by atoms with Crippen LogP contribution < -0.4 is 10.1 Å². The Morgan fingerprint density at radius 2 is 1.57 bits per heavy atom.